The van der Waals surface area contributed by atoms with E-state index in [9.17, 15) is 4.79 Å². The van der Waals surface area contributed by atoms with E-state index in [0.29, 0.717) is 13.1 Å². The van der Waals surface area contributed by atoms with Crippen molar-refractivity contribution in [3.63, 3.8) is 0 Å². The minimum Gasteiger partial charge on any atom is -0.372 e. The Hall–Kier alpha value is -1.81. The van der Waals surface area contributed by atoms with Crippen LogP contribution >= 0.6 is 0 Å². The lowest BCUT2D eigenvalue weighted by atomic mass is 9.95. The second kappa shape index (κ2) is 5.68. The first-order valence-electron chi connectivity index (χ1n) is 8.70. The molecule has 1 fully saturated rings. The van der Waals surface area contributed by atoms with Gasteiger partial charge in [-0.15, -0.1) is 0 Å². The third-order valence-electron chi connectivity index (χ3n) is 5.05. The number of nitrogens with zero attached hydrogens (tertiary/aromatic N) is 1. The van der Waals surface area contributed by atoms with Gasteiger partial charge in [0.15, 0.2) is 0 Å². The van der Waals surface area contributed by atoms with Gasteiger partial charge in [0.1, 0.15) is 0 Å². The Balaban J connectivity index is 1.67. The Bertz CT molecular complexity index is 739. The number of hydrogen-bond acceptors (Lipinski definition) is 2. The van der Waals surface area contributed by atoms with E-state index < -0.39 is 0 Å². The Morgan fingerprint density at radius 2 is 1.91 bits per heavy atom. The molecule has 1 saturated heterocycles. The largest absolute Gasteiger partial charge is 0.372 e. The van der Waals surface area contributed by atoms with Crippen LogP contribution in [-0.4, -0.2) is 41.1 Å². The van der Waals surface area contributed by atoms with E-state index in [4.69, 9.17) is 4.74 Å². The van der Waals surface area contributed by atoms with Crippen molar-refractivity contribution in [2.45, 2.75) is 51.7 Å². The van der Waals surface area contributed by atoms with Crippen LogP contribution < -0.4 is 0 Å². The molecule has 1 aliphatic heterocycles. The zero-order valence-electron chi connectivity index (χ0n) is 13.9. The third kappa shape index (κ3) is 2.65. The number of hydrogen-bond donors (Lipinski definition) is 1. The average Bonchev–Trinajstić information content (AvgIpc) is 2.91. The van der Waals surface area contributed by atoms with Crippen LogP contribution in [0.5, 0.6) is 0 Å². The van der Waals surface area contributed by atoms with Gasteiger partial charge in [0.05, 0.1) is 12.2 Å². The summed E-state index contributed by atoms with van der Waals surface area (Å²) in [6.07, 6.45) is 4.97. The average molecular weight is 312 g/mol. The number of aromatic amines is 1. The van der Waals surface area contributed by atoms with Crippen LogP contribution in [0.1, 0.15) is 48.3 Å². The Morgan fingerprint density at radius 3 is 2.70 bits per heavy atom. The summed E-state index contributed by atoms with van der Waals surface area (Å²) in [6.45, 7) is 5.41. The third-order valence-corrected chi connectivity index (χ3v) is 5.05. The fourth-order valence-electron chi connectivity index (χ4n) is 4.07. The van der Waals surface area contributed by atoms with E-state index in [1.54, 1.807) is 0 Å². The molecule has 4 heteroatoms. The van der Waals surface area contributed by atoms with Gasteiger partial charge < -0.3 is 14.6 Å². The van der Waals surface area contributed by atoms with E-state index in [2.05, 4.69) is 17.1 Å². The van der Waals surface area contributed by atoms with Crippen LogP contribution in [0.3, 0.4) is 0 Å². The zero-order chi connectivity index (χ0) is 16.0. The second-order valence-electron chi connectivity index (χ2n) is 7.02. The summed E-state index contributed by atoms with van der Waals surface area (Å²) in [5, 5.41) is 1.24. The number of rotatable bonds is 1. The minimum absolute atomic E-state index is 0.103. The molecule has 1 N–H and O–H groups in total. The lowest BCUT2D eigenvalue weighted by Crippen LogP contribution is -2.48. The van der Waals surface area contributed by atoms with Gasteiger partial charge in [-0.05, 0) is 63.3 Å². The highest BCUT2D eigenvalue weighted by Crippen LogP contribution is 2.30. The Morgan fingerprint density at radius 1 is 1.17 bits per heavy atom. The van der Waals surface area contributed by atoms with Gasteiger partial charge in [0, 0.05) is 35.2 Å². The maximum absolute atomic E-state index is 12.9. The monoisotopic (exact) mass is 312 g/mol. The maximum Gasteiger partial charge on any atom is 0.254 e. The molecule has 2 aromatic rings. The summed E-state index contributed by atoms with van der Waals surface area (Å²) in [6, 6.07) is 6.11. The Kier molecular flexibility index (Phi) is 3.64. The van der Waals surface area contributed by atoms with Crippen molar-refractivity contribution in [1.29, 1.82) is 0 Å². The van der Waals surface area contributed by atoms with Crippen molar-refractivity contribution in [2.24, 2.45) is 0 Å². The van der Waals surface area contributed by atoms with Gasteiger partial charge in [0.2, 0.25) is 0 Å². The van der Waals surface area contributed by atoms with Crippen LogP contribution in [0.25, 0.3) is 10.9 Å². The van der Waals surface area contributed by atoms with Gasteiger partial charge in [-0.25, -0.2) is 0 Å². The highest BCUT2D eigenvalue weighted by atomic mass is 16.5. The van der Waals surface area contributed by atoms with Crippen LogP contribution in [0.15, 0.2) is 18.2 Å². The number of aromatic nitrogens is 1. The zero-order valence-corrected chi connectivity index (χ0v) is 13.9. The van der Waals surface area contributed by atoms with Crippen molar-refractivity contribution in [3.05, 3.63) is 35.0 Å². The van der Waals surface area contributed by atoms with Crippen LogP contribution in [0, 0.1) is 0 Å². The van der Waals surface area contributed by atoms with Gasteiger partial charge in [-0.3, -0.25) is 4.79 Å². The van der Waals surface area contributed by atoms with E-state index >= 15 is 0 Å². The molecule has 0 radical (unpaired) electrons. The molecule has 4 rings (SSSR count). The lowest BCUT2D eigenvalue weighted by molar-refractivity contribution is -0.0586. The fraction of sp³-hybridized carbons (Fsp3) is 0.526. The number of aryl methyl sites for hydroxylation is 2. The molecule has 1 aromatic heterocycles. The minimum atomic E-state index is 0.103. The molecular weight excluding hydrogens is 288 g/mol. The maximum atomic E-state index is 12.9. The van der Waals surface area contributed by atoms with Crippen molar-refractivity contribution in [1.82, 2.24) is 9.88 Å². The standard InChI is InChI=1S/C19H24N2O2/c1-12-10-21(11-13(2)23-12)19(22)14-7-8-18-16(9-14)15-5-3-4-6-17(15)20-18/h7-9,12-13,20H,3-6,10-11H2,1-2H3/t12-,13+. The summed E-state index contributed by atoms with van der Waals surface area (Å²) in [7, 11) is 0. The molecule has 0 bridgehead atoms. The van der Waals surface area contributed by atoms with Crippen molar-refractivity contribution in [3.8, 4) is 0 Å². The van der Waals surface area contributed by atoms with Gasteiger partial charge in [0.25, 0.3) is 5.91 Å². The van der Waals surface area contributed by atoms with Gasteiger partial charge in [-0.2, -0.15) is 0 Å². The molecule has 122 valence electrons. The first-order valence-corrected chi connectivity index (χ1v) is 8.70. The second-order valence-corrected chi connectivity index (χ2v) is 7.02. The molecule has 0 spiro atoms. The summed E-state index contributed by atoms with van der Waals surface area (Å²) >= 11 is 0. The predicted molar refractivity (Wildman–Crippen MR) is 90.9 cm³/mol. The van der Waals surface area contributed by atoms with Crippen molar-refractivity contribution in [2.75, 3.05) is 13.1 Å². The van der Waals surface area contributed by atoms with Crippen LogP contribution in [0.4, 0.5) is 0 Å². The number of H-pyrrole nitrogens is 1. The summed E-state index contributed by atoms with van der Waals surface area (Å²) in [5.41, 5.74) is 4.75. The molecule has 2 heterocycles. The highest BCUT2D eigenvalue weighted by Gasteiger charge is 2.27. The van der Waals surface area contributed by atoms with Crippen molar-refractivity contribution >= 4 is 16.8 Å². The quantitative estimate of drug-likeness (QED) is 0.878. The summed E-state index contributed by atoms with van der Waals surface area (Å²) in [5.74, 6) is 0.125. The number of amides is 1. The number of fused-ring (bicyclic) bond motifs is 3. The predicted octanol–water partition coefficient (Wildman–Crippen LogP) is 3.30. The molecule has 23 heavy (non-hydrogen) atoms. The van der Waals surface area contributed by atoms with E-state index in [1.807, 2.05) is 24.8 Å². The number of carbonyl (C=O) groups is 1. The SMILES string of the molecule is C[C@@H]1CN(C(=O)c2ccc3[nH]c4c(c3c2)CCCC4)C[C@H](C)O1. The Labute approximate surface area is 136 Å². The van der Waals surface area contributed by atoms with Crippen LogP contribution in [0.2, 0.25) is 0 Å². The number of nitrogens with one attached hydrogen (secondary N) is 1. The van der Waals surface area contributed by atoms with Crippen LogP contribution in [-0.2, 0) is 17.6 Å². The lowest BCUT2D eigenvalue weighted by Gasteiger charge is -2.35. The molecule has 1 aliphatic carbocycles. The van der Waals surface area contributed by atoms with E-state index in [-0.39, 0.29) is 18.1 Å². The fourth-order valence-corrected chi connectivity index (χ4v) is 4.07. The molecule has 0 unspecified atom stereocenters. The summed E-state index contributed by atoms with van der Waals surface area (Å²) < 4.78 is 5.74. The normalized spacial score (nSPS) is 24.7. The number of morpholine rings is 1. The van der Waals surface area contributed by atoms with Crippen molar-refractivity contribution < 1.29 is 9.53 Å². The van der Waals surface area contributed by atoms with Gasteiger partial charge >= 0.3 is 0 Å². The van der Waals surface area contributed by atoms with E-state index in [0.717, 1.165) is 23.9 Å². The number of benzene rings is 1. The van der Waals surface area contributed by atoms with E-state index in [1.165, 1.54) is 29.5 Å². The highest BCUT2D eigenvalue weighted by molar-refractivity contribution is 5.99. The first kappa shape index (κ1) is 14.8. The van der Waals surface area contributed by atoms with Gasteiger partial charge in [-0.1, -0.05) is 0 Å². The number of carbonyl (C=O) groups excluding carboxylic acids is 1. The smallest absolute Gasteiger partial charge is 0.254 e. The summed E-state index contributed by atoms with van der Waals surface area (Å²) in [4.78, 5) is 18.3. The first-order chi connectivity index (χ1) is 11.1. The number of ether oxygens (including phenoxy) is 1. The molecule has 1 amide bonds. The topological polar surface area (TPSA) is 45.3 Å². The molecule has 1 aromatic carbocycles. The molecule has 2 atom stereocenters. The molecule has 2 aliphatic rings. The molecule has 0 saturated carbocycles. The molecule has 4 nitrogen and oxygen atoms in total. The molecular formula is C19H24N2O2.